The summed E-state index contributed by atoms with van der Waals surface area (Å²) < 4.78 is 22.7. The Kier molecular flexibility index (Phi) is 46.3. The Labute approximate surface area is 410 Å². The second-order valence-corrected chi connectivity index (χ2v) is 18.8. The molecule has 2 atom stereocenters. The molecule has 0 aromatic carbocycles. The first kappa shape index (κ1) is 63.5. The van der Waals surface area contributed by atoms with Crippen molar-refractivity contribution in [2.75, 3.05) is 47.5 Å². The van der Waals surface area contributed by atoms with Crippen molar-refractivity contribution < 1.29 is 42.9 Å². The third-order valence-electron chi connectivity index (χ3n) is 11.1. The van der Waals surface area contributed by atoms with Crippen molar-refractivity contribution in [3.63, 3.8) is 0 Å². The molecule has 67 heavy (non-hydrogen) atoms. The summed E-state index contributed by atoms with van der Waals surface area (Å²) >= 11 is 0. The van der Waals surface area contributed by atoms with E-state index in [4.69, 9.17) is 18.9 Å². The fourth-order valence-electron chi connectivity index (χ4n) is 7.02. The Balaban J connectivity index is 4.34. The molecule has 0 bridgehead atoms. The van der Waals surface area contributed by atoms with Gasteiger partial charge in [-0.05, 0) is 83.5 Å². The van der Waals surface area contributed by atoms with Gasteiger partial charge >= 0.3 is 17.9 Å². The van der Waals surface area contributed by atoms with Gasteiger partial charge in [-0.25, -0.2) is 4.79 Å². The van der Waals surface area contributed by atoms with E-state index < -0.39 is 24.3 Å². The number of carbonyl (C=O) groups excluding carboxylic acids is 2. The molecular formula is C58H100NO8+. The van der Waals surface area contributed by atoms with Crippen molar-refractivity contribution in [1.82, 2.24) is 0 Å². The molecule has 0 aromatic rings. The number of carboxylic acid groups (broad SMARTS) is 1. The topological polar surface area (TPSA) is 108 Å². The van der Waals surface area contributed by atoms with Crippen LogP contribution >= 0.6 is 0 Å². The average molecular weight is 939 g/mol. The van der Waals surface area contributed by atoms with Gasteiger partial charge in [0.1, 0.15) is 13.2 Å². The summed E-state index contributed by atoms with van der Waals surface area (Å²) in [5.41, 5.74) is 0. The molecule has 0 rings (SSSR count). The second-order valence-electron chi connectivity index (χ2n) is 18.8. The van der Waals surface area contributed by atoms with Gasteiger partial charge in [0, 0.05) is 12.8 Å². The lowest BCUT2D eigenvalue weighted by atomic mass is 10.0. The molecule has 0 spiro atoms. The maximum atomic E-state index is 12.8. The minimum atomic E-state index is -1.53. The van der Waals surface area contributed by atoms with E-state index in [0.717, 1.165) is 64.2 Å². The van der Waals surface area contributed by atoms with Crippen LogP contribution in [0.2, 0.25) is 0 Å². The number of hydrogen-bond acceptors (Lipinski definition) is 7. The standard InChI is InChI=1S/C58H99NO8/c1-6-8-10-12-14-16-18-20-22-24-25-26-27-28-29-30-31-33-34-36-38-40-42-44-46-48-55(60)65-52-54(53-66-58(57(62)63)64-51-50-59(3,4)5)67-56(61)49-47-45-43-41-39-37-35-32-23-21-19-17-15-13-11-9-7-2/h9,11,15,17-18,20-21,23-25,35,37,41,43,54,58H,6-8,10,12-14,16,19,22,26-34,36,38-40,42,44-53H2,1-5H3/p+1/b11-9-,17-15-,20-18-,23-21-,25-24-,37-35-,43-41-. The van der Waals surface area contributed by atoms with Crippen molar-refractivity contribution in [3.05, 3.63) is 85.1 Å². The average Bonchev–Trinajstić information content (AvgIpc) is 3.29. The Bertz CT molecular complexity index is 1370. The van der Waals surface area contributed by atoms with Crippen LogP contribution in [0.5, 0.6) is 0 Å². The number of esters is 2. The lowest BCUT2D eigenvalue weighted by molar-refractivity contribution is -0.870. The normalized spacial score (nSPS) is 13.5. The van der Waals surface area contributed by atoms with Crippen molar-refractivity contribution in [2.45, 2.75) is 219 Å². The van der Waals surface area contributed by atoms with Gasteiger partial charge in [-0.15, -0.1) is 0 Å². The van der Waals surface area contributed by atoms with Crippen molar-refractivity contribution in [1.29, 1.82) is 0 Å². The lowest BCUT2D eigenvalue weighted by Crippen LogP contribution is -2.40. The fraction of sp³-hybridized carbons (Fsp3) is 0.707. The molecule has 0 heterocycles. The molecule has 0 aliphatic rings. The Hall–Kier alpha value is -3.53. The predicted octanol–water partition coefficient (Wildman–Crippen LogP) is 15.2. The molecule has 0 amide bonds. The Morgan fingerprint density at radius 2 is 0.866 bits per heavy atom. The van der Waals surface area contributed by atoms with E-state index in [1.165, 1.54) is 109 Å². The van der Waals surface area contributed by atoms with Crippen molar-refractivity contribution >= 4 is 17.9 Å². The van der Waals surface area contributed by atoms with E-state index in [-0.39, 0.29) is 38.6 Å². The van der Waals surface area contributed by atoms with Gasteiger partial charge in [-0.3, -0.25) is 9.59 Å². The van der Waals surface area contributed by atoms with Crippen LogP contribution in [0.3, 0.4) is 0 Å². The van der Waals surface area contributed by atoms with Crippen LogP contribution < -0.4 is 0 Å². The second kappa shape index (κ2) is 48.9. The zero-order valence-electron chi connectivity index (χ0n) is 43.5. The van der Waals surface area contributed by atoms with Crippen LogP contribution in [0, 0.1) is 0 Å². The molecule has 0 saturated carbocycles. The summed E-state index contributed by atoms with van der Waals surface area (Å²) in [4.78, 5) is 37.3. The summed E-state index contributed by atoms with van der Waals surface area (Å²) in [6.07, 6.45) is 60.9. The fourth-order valence-corrected chi connectivity index (χ4v) is 7.02. The molecule has 0 radical (unpaired) electrons. The van der Waals surface area contributed by atoms with Gasteiger partial charge < -0.3 is 28.5 Å². The number of aliphatic carboxylic acids is 1. The van der Waals surface area contributed by atoms with Gasteiger partial charge in [0.2, 0.25) is 0 Å². The summed E-state index contributed by atoms with van der Waals surface area (Å²) in [5, 5.41) is 9.67. The number of carbonyl (C=O) groups is 3. The molecule has 9 heteroatoms. The van der Waals surface area contributed by atoms with E-state index in [1.54, 1.807) is 0 Å². The highest BCUT2D eigenvalue weighted by atomic mass is 16.7. The van der Waals surface area contributed by atoms with Crippen molar-refractivity contribution in [2.24, 2.45) is 0 Å². The number of quaternary nitrogens is 1. The molecule has 0 saturated heterocycles. The summed E-state index contributed by atoms with van der Waals surface area (Å²) in [5.74, 6) is -2.09. The lowest BCUT2D eigenvalue weighted by Gasteiger charge is -2.25. The largest absolute Gasteiger partial charge is 0.477 e. The molecular weight excluding hydrogens is 839 g/mol. The van der Waals surface area contributed by atoms with Crippen LogP contribution in [0.4, 0.5) is 0 Å². The number of nitrogens with zero attached hydrogens (tertiary/aromatic N) is 1. The molecule has 0 aliphatic heterocycles. The van der Waals surface area contributed by atoms with Crippen LogP contribution in [0.15, 0.2) is 85.1 Å². The number of rotatable bonds is 48. The SMILES string of the molecule is CC/C=C\C/C=C\C/C=C\C/C=C\C/C=C\CCCC(=O)OC(COC(=O)CCCCCCCCCCCCCCC/C=C\C/C=C\CCCCCCC)COC(OCC[N+](C)(C)C)C(=O)O. The van der Waals surface area contributed by atoms with Crippen molar-refractivity contribution in [3.8, 4) is 0 Å². The highest BCUT2D eigenvalue weighted by Gasteiger charge is 2.25. The smallest absolute Gasteiger partial charge is 0.361 e. The van der Waals surface area contributed by atoms with E-state index in [1.807, 2.05) is 21.1 Å². The highest BCUT2D eigenvalue weighted by molar-refractivity contribution is 5.71. The van der Waals surface area contributed by atoms with Gasteiger partial charge in [-0.2, -0.15) is 0 Å². The molecule has 0 aliphatic carbocycles. The minimum Gasteiger partial charge on any atom is -0.477 e. The third kappa shape index (κ3) is 50.2. The highest BCUT2D eigenvalue weighted by Crippen LogP contribution is 2.15. The monoisotopic (exact) mass is 939 g/mol. The van der Waals surface area contributed by atoms with Crippen LogP contribution in [-0.4, -0.2) is 87.4 Å². The molecule has 0 aromatic heterocycles. The quantitative estimate of drug-likeness (QED) is 0.0211. The first-order valence-electron chi connectivity index (χ1n) is 26.8. The summed E-state index contributed by atoms with van der Waals surface area (Å²) in [7, 11) is 5.94. The predicted molar refractivity (Wildman–Crippen MR) is 281 cm³/mol. The zero-order chi connectivity index (χ0) is 49.2. The maximum absolute atomic E-state index is 12.8. The number of unbranched alkanes of at least 4 members (excludes halogenated alkanes) is 19. The van der Waals surface area contributed by atoms with E-state index in [2.05, 4.69) is 98.9 Å². The van der Waals surface area contributed by atoms with Crippen LogP contribution in [0.1, 0.15) is 206 Å². The van der Waals surface area contributed by atoms with Crippen LogP contribution in [-0.2, 0) is 33.3 Å². The third-order valence-corrected chi connectivity index (χ3v) is 11.1. The van der Waals surface area contributed by atoms with Gasteiger partial charge in [0.25, 0.3) is 6.29 Å². The minimum absolute atomic E-state index is 0.173. The zero-order valence-corrected chi connectivity index (χ0v) is 43.5. The Morgan fingerprint density at radius 1 is 0.463 bits per heavy atom. The maximum Gasteiger partial charge on any atom is 0.361 e. The molecule has 384 valence electrons. The first-order chi connectivity index (χ1) is 32.6. The molecule has 2 unspecified atom stereocenters. The molecule has 1 N–H and O–H groups in total. The summed E-state index contributed by atoms with van der Waals surface area (Å²) in [6.45, 7) is 4.68. The van der Waals surface area contributed by atoms with E-state index >= 15 is 0 Å². The molecule has 9 nitrogen and oxygen atoms in total. The number of allylic oxidation sites excluding steroid dienone is 14. The van der Waals surface area contributed by atoms with Gasteiger partial charge in [0.15, 0.2) is 6.10 Å². The number of ether oxygens (including phenoxy) is 4. The van der Waals surface area contributed by atoms with Gasteiger partial charge in [-0.1, -0.05) is 195 Å². The van der Waals surface area contributed by atoms with Gasteiger partial charge in [0.05, 0.1) is 34.4 Å². The number of likely N-dealkylation sites (N-methyl/N-ethyl adjacent to an activating group) is 1. The number of hydrogen-bond donors (Lipinski definition) is 1. The van der Waals surface area contributed by atoms with E-state index in [9.17, 15) is 19.5 Å². The Morgan fingerprint density at radius 3 is 1.31 bits per heavy atom. The summed E-state index contributed by atoms with van der Waals surface area (Å²) in [6, 6.07) is 0. The molecule has 0 fully saturated rings. The number of carboxylic acids is 1. The van der Waals surface area contributed by atoms with Crippen LogP contribution in [0.25, 0.3) is 0 Å². The van der Waals surface area contributed by atoms with E-state index in [0.29, 0.717) is 17.4 Å². The first-order valence-corrected chi connectivity index (χ1v) is 26.8.